The van der Waals surface area contributed by atoms with Crippen LogP contribution >= 0.6 is 0 Å². The van der Waals surface area contributed by atoms with E-state index in [1.807, 2.05) is 18.7 Å². The lowest BCUT2D eigenvalue weighted by molar-refractivity contribution is 0.0480. The Morgan fingerprint density at radius 3 is 2.90 bits per heavy atom. The lowest BCUT2D eigenvalue weighted by Gasteiger charge is -2.35. The Hall–Kier alpha value is -2.61. The number of likely N-dealkylation sites (tertiary alicyclic amines) is 1. The van der Waals surface area contributed by atoms with Gasteiger partial charge in [-0.3, -0.25) is 9.78 Å². The van der Waals surface area contributed by atoms with Crippen LogP contribution in [0.15, 0.2) is 12.4 Å². The molecule has 1 N–H and O–H groups in total. The molecule has 1 spiro atoms. The van der Waals surface area contributed by atoms with Gasteiger partial charge >= 0.3 is 0 Å². The number of hydrogen-bond donors (Lipinski definition) is 1. The van der Waals surface area contributed by atoms with Crippen molar-refractivity contribution in [3.05, 3.63) is 40.7 Å². The molecule has 1 atom stereocenters. The van der Waals surface area contributed by atoms with Crippen LogP contribution in [0.25, 0.3) is 0 Å². The molecule has 3 aliphatic rings. The summed E-state index contributed by atoms with van der Waals surface area (Å²) in [6.45, 7) is 7.14. The number of amides is 1. The molecule has 1 aliphatic carbocycles. The number of fused-ring (bicyclic) bond motifs is 2. The molecule has 2 aromatic heterocycles. The Balaban J connectivity index is 1.41. The van der Waals surface area contributed by atoms with Gasteiger partial charge in [0, 0.05) is 37.1 Å². The smallest absolute Gasteiger partial charge is 0.274 e. The predicted octanol–water partition coefficient (Wildman–Crippen LogP) is 2.02. The molecule has 0 bridgehead atoms. The molecule has 2 aromatic rings. The molecule has 2 fully saturated rings. The van der Waals surface area contributed by atoms with E-state index < -0.39 is 0 Å². The largest absolute Gasteiger partial charge is 0.376 e. The molecule has 2 aliphatic heterocycles. The predicted molar refractivity (Wildman–Crippen MR) is 107 cm³/mol. The van der Waals surface area contributed by atoms with E-state index in [1.165, 1.54) is 12.8 Å². The summed E-state index contributed by atoms with van der Waals surface area (Å²) in [5.41, 5.74) is 3.96. The van der Waals surface area contributed by atoms with Crippen molar-refractivity contribution in [1.82, 2.24) is 24.8 Å². The first-order valence-electron chi connectivity index (χ1n) is 10.3. The third-order valence-electron chi connectivity index (χ3n) is 6.23. The van der Waals surface area contributed by atoms with Crippen LogP contribution in [0.2, 0.25) is 0 Å². The van der Waals surface area contributed by atoms with Crippen LogP contribution in [0.5, 0.6) is 0 Å². The summed E-state index contributed by atoms with van der Waals surface area (Å²) in [4.78, 5) is 32.8. The molecule has 8 nitrogen and oxygen atoms in total. The lowest BCUT2D eigenvalue weighted by atomic mass is 9.80. The van der Waals surface area contributed by atoms with E-state index in [2.05, 4.69) is 20.3 Å². The Bertz CT molecular complexity index is 943. The number of aryl methyl sites for hydroxylation is 2. The average Bonchev–Trinajstić information content (AvgIpc) is 3.46. The first kappa shape index (κ1) is 18.4. The first-order valence-corrected chi connectivity index (χ1v) is 10.3. The Labute approximate surface area is 170 Å². The number of carbonyl (C=O) groups is 1. The number of hydrogen-bond acceptors (Lipinski definition) is 7. The summed E-state index contributed by atoms with van der Waals surface area (Å²) in [5.74, 6) is 1.37. The molecule has 0 aromatic carbocycles. The van der Waals surface area contributed by atoms with Gasteiger partial charge in [0.2, 0.25) is 5.95 Å². The van der Waals surface area contributed by atoms with Gasteiger partial charge in [-0.15, -0.1) is 0 Å². The zero-order valence-electron chi connectivity index (χ0n) is 16.9. The standard InChI is InChI=1S/C21H26N6O2/c1-13-7-23-17(9-22-13)19(28)27-6-5-21(11-27)12-29-10-16-14(2)25-20(26-18(16)21)24-8-15-3-4-15/h7,9,15H,3-6,8,10-12H2,1-2H3,(H,24,25,26)/t21-/m1/s1. The summed E-state index contributed by atoms with van der Waals surface area (Å²) in [7, 11) is 0. The van der Waals surface area contributed by atoms with Crippen LogP contribution in [0.3, 0.4) is 0 Å². The number of nitrogens with zero attached hydrogens (tertiary/aromatic N) is 5. The Morgan fingerprint density at radius 2 is 2.14 bits per heavy atom. The van der Waals surface area contributed by atoms with E-state index in [9.17, 15) is 4.79 Å². The molecule has 5 rings (SSSR count). The summed E-state index contributed by atoms with van der Waals surface area (Å²) < 4.78 is 5.95. The van der Waals surface area contributed by atoms with Crippen molar-refractivity contribution in [2.75, 3.05) is 31.6 Å². The summed E-state index contributed by atoms with van der Waals surface area (Å²) in [5, 5.41) is 3.41. The number of rotatable bonds is 4. The van der Waals surface area contributed by atoms with Crippen molar-refractivity contribution in [3.63, 3.8) is 0 Å². The zero-order valence-corrected chi connectivity index (χ0v) is 16.9. The summed E-state index contributed by atoms with van der Waals surface area (Å²) in [6, 6.07) is 0. The minimum Gasteiger partial charge on any atom is -0.376 e. The van der Waals surface area contributed by atoms with Crippen molar-refractivity contribution < 1.29 is 9.53 Å². The van der Waals surface area contributed by atoms with Crippen LogP contribution in [-0.2, 0) is 16.8 Å². The monoisotopic (exact) mass is 394 g/mol. The molecule has 29 heavy (non-hydrogen) atoms. The number of nitrogens with one attached hydrogen (secondary N) is 1. The molecule has 0 radical (unpaired) electrons. The number of carbonyl (C=O) groups excluding carboxylic acids is 1. The maximum Gasteiger partial charge on any atom is 0.274 e. The van der Waals surface area contributed by atoms with Gasteiger partial charge in [-0.25, -0.2) is 15.0 Å². The minimum absolute atomic E-state index is 0.0839. The van der Waals surface area contributed by atoms with Crippen molar-refractivity contribution in [2.24, 2.45) is 5.92 Å². The highest BCUT2D eigenvalue weighted by Crippen LogP contribution is 2.40. The second-order valence-corrected chi connectivity index (χ2v) is 8.58. The van der Waals surface area contributed by atoms with Gasteiger partial charge in [0.15, 0.2) is 0 Å². The molecule has 8 heteroatoms. The van der Waals surface area contributed by atoms with Crippen LogP contribution in [0.4, 0.5) is 5.95 Å². The number of anilines is 1. The highest BCUT2D eigenvalue weighted by Gasteiger charge is 2.47. The zero-order chi connectivity index (χ0) is 20.0. The normalized spacial score (nSPS) is 23.3. The molecule has 1 amide bonds. The molecular weight excluding hydrogens is 368 g/mol. The lowest BCUT2D eigenvalue weighted by Crippen LogP contribution is -2.42. The van der Waals surface area contributed by atoms with Crippen LogP contribution in [0.1, 0.15) is 52.4 Å². The van der Waals surface area contributed by atoms with Gasteiger partial charge in [0.25, 0.3) is 5.91 Å². The van der Waals surface area contributed by atoms with Gasteiger partial charge in [-0.05, 0) is 39.0 Å². The fourth-order valence-corrected chi connectivity index (χ4v) is 4.28. The molecule has 0 unspecified atom stereocenters. The third kappa shape index (κ3) is 3.46. The van der Waals surface area contributed by atoms with Crippen molar-refractivity contribution in [3.8, 4) is 0 Å². The second-order valence-electron chi connectivity index (χ2n) is 8.58. The average molecular weight is 394 g/mol. The van der Waals surface area contributed by atoms with Crippen LogP contribution in [-0.4, -0.2) is 57.0 Å². The fraction of sp³-hybridized carbons (Fsp3) is 0.571. The topological polar surface area (TPSA) is 93.1 Å². The number of ether oxygens (including phenoxy) is 1. The number of aromatic nitrogens is 4. The second kappa shape index (κ2) is 7.02. The SMILES string of the molecule is Cc1cnc(C(=O)N2CC[C@]3(COCc4c(C)nc(NCC5CC5)nc43)C2)cn1. The first-order chi connectivity index (χ1) is 14.0. The van der Waals surface area contributed by atoms with Crippen molar-refractivity contribution in [1.29, 1.82) is 0 Å². The van der Waals surface area contributed by atoms with Crippen molar-refractivity contribution in [2.45, 2.75) is 45.1 Å². The molecule has 4 heterocycles. The van der Waals surface area contributed by atoms with Crippen LogP contribution < -0.4 is 5.32 Å². The molecule has 1 saturated carbocycles. The van der Waals surface area contributed by atoms with Crippen molar-refractivity contribution >= 4 is 11.9 Å². The Kier molecular flexibility index (Phi) is 4.46. The highest BCUT2D eigenvalue weighted by atomic mass is 16.5. The van der Waals surface area contributed by atoms with Gasteiger partial charge < -0.3 is 15.0 Å². The van der Waals surface area contributed by atoms with Crippen LogP contribution in [0, 0.1) is 19.8 Å². The maximum absolute atomic E-state index is 13.0. The molecule has 152 valence electrons. The maximum atomic E-state index is 13.0. The van der Waals surface area contributed by atoms with Gasteiger partial charge in [0.05, 0.1) is 36.2 Å². The fourth-order valence-electron chi connectivity index (χ4n) is 4.28. The van der Waals surface area contributed by atoms with E-state index in [-0.39, 0.29) is 11.3 Å². The van der Waals surface area contributed by atoms with E-state index in [0.29, 0.717) is 37.9 Å². The third-order valence-corrected chi connectivity index (χ3v) is 6.23. The molecule has 1 saturated heterocycles. The summed E-state index contributed by atoms with van der Waals surface area (Å²) in [6.07, 6.45) is 6.58. The van der Waals surface area contributed by atoms with E-state index in [0.717, 1.165) is 41.5 Å². The molecular formula is C21H26N6O2. The van der Waals surface area contributed by atoms with E-state index >= 15 is 0 Å². The van der Waals surface area contributed by atoms with Gasteiger partial charge in [-0.2, -0.15) is 0 Å². The van der Waals surface area contributed by atoms with Gasteiger partial charge in [0.1, 0.15) is 5.69 Å². The Morgan fingerprint density at radius 1 is 1.28 bits per heavy atom. The minimum atomic E-state index is -0.287. The highest BCUT2D eigenvalue weighted by molar-refractivity contribution is 5.92. The summed E-state index contributed by atoms with van der Waals surface area (Å²) >= 11 is 0. The van der Waals surface area contributed by atoms with E-state index in [4.69, 9.17) is 9.72 Å². The quantitative estimate of drug-likeness (QED) is 0.848. The van der Waals surface area contributed by atoms with Gasteiger partial charge in [-0.1, -0.05) is 0 Å². The van der Waals surface area contributed by atoms with E-state index in [1.54, 1.807) is 12.4 Å².